The van der Waals surface area contributed by atoms with Crippen LogP contribution in [0.2, 0.25) is 0 Å². The molecule has 4 unspecified atom stereocenters. The van der Waals surface area contributed by atoms with Crippen molar-refractivity contribution in [2.45, 2.75) is 100 Å². The SMILES string of the molecule is CN(C)C1CCC(S(=O)(=O)N2CCC(C3CCN4NC(C(F)(F)F)C(C(=O)N5CCCCC5)C4C3)CC2)CC1. The van der Waals surface area contributed by atoms with E-state index in [4.69, 9.17) is 0 Å². The summed E-state index contributed by atoms with van der Waals surface area (Å²) in [6, 6.07) is -1.87. The first-order valence-electron chi connectivity index (χ1n) is 15.0. The van der Waals surface area contributed by atoms with Crippen LogP contribution in [0.25, 0.3) is 0 Å². The molecule has 5 rings (SSSR count). The van der Waals surface area contributed by atoms with Crippen LogP contribution in [-0.2, 0) is 14.8 Å². The zero-order chi connectivity index (χ0) is 27.9. The Morgan fingerprint density at radius 3 is 2.05 bits per heavy atom. The standard InChI is InChI=1S/C27H46F3N5O3S/c1-32(2)21-6-8-22(9-7-21)39(37,38)34-15-10-19(11-16-34)20-12-17-35-23(18-20)24(25(31-35)27(28,29)30)26(36)33-13-4-3-5-14-33/h19-25,31H,3-18H2,1-2H3. The Balaban J connectivity index is 1.21. The molecular formula is C27H46F3N5O3S. The zero-order valence-corrected chi connectivity index (χ0v) is 24.2. The number of likely N-dealkylation sites (tertiary alicyclic amines) is 1. The normalized spacial score (nSPS) is 36.3. The van der Waals surface area contributed by atoms with Crippen molar-refractivity contribution in [1.29, 1.82) is 0 Å². The van der Waals surface area contributed by atoms with E-state index in [1.54, 1.807) is 14.2 Å². The van der Waals surface area contributed by atoms with Gasteiger partial charge in [0.05, 0.1) is 11.2 Å². The molecule has 0 aromatic rings. The average Bonchev–Trinajstić information content (AvgIpc) is 3.33. The summed E-state index contributed by atoms with van der Waals surface area (Å²) in [7, 11) is 0.757. The summed E-state index contributed by atoms with van der Waals surface area (Å²) in [4.78, 5) is 17.3. The Morgan fingerprint density at radius 2 is 1.46 bits per heavy atom. The van der Waals surface area contributed by atoms with Crippen LogP contribution in [0.1, 0.15) is 70.6 Å². The van der Waals surface area contributed by atoms with E-state index in [1.165, 1.54) is 0 Å². The van der Waals surface area contributed by atoms with Crippen LogP contribution in [0.5, 0.6) is 0 Å². The van der Waals surface area contributed by atoms with E-state index in [9.17, 15) is 26.4 Å². The fourth-order valence-corrected chi connectivity index (χ4v) is 10.0. The topological polar surface area (TPSA) is 76.2 Å². The molecule has 4 saturated heterocycles. The second-order valence-corrected chi connectivity index (χ2v) is 15.0. The molecule has 0 aromatic heterocycles. The van der Waals surface area contributed by atoms with Crippen LogP contribution < -0.4 is 5.43 Å². The molecule has 0 bridgehead atoms. The predicted molar refractivity (Wildman–Crippen MR) is 143 cm³/mol. The molecule has 1 aliphatic carbocycles. The maximum atomic E-state index is 14.1. The number of alkyl halides is 3. The molecule has 0 aromatic carbocycles. The first-order valence-corrected chi connectivity index (χ1v) is 16.5. The number of fused-ring (bicyclic) bond motifs is 1. The molecule has 0 radical (unpaired) electrons. The van der Waals surface area contributed by atoms with Gasteiger partial charge in [0.25, 0.3) is 0 Å². The lowest BCUT2D eigenvalue weighted by Crippen LogP contribution is -2.51. The van der Waals surface area contributed by atoms with E-state index in [2.05, 4.69) is 10.3 Å². The van der Waals surface area contributed by atoms with Gasteiger partial charge in [-0.05, 0) is 96.6 Å². The first-order chi connectivity index (χ1) is 18.5. The number of hydrogen-bond donors (Lipinski definition) is 1. The summed E-state index contributed by atoms with van der Waals surface area (Å²) >= 11 is 0. The third-order valence-electron chi connectivity index (χ3n) is 10.4. The fourth-order valence-electron chi connectivity index (χ4n) is 8.02. The number of amides is 1. The molecule has 1 N–H and O–H groups in total. The number of nitrogens with one attached hydrogen (secondary N) is 1. The number of carbonyl (C=O) groups excluding carboxylic acids is 1. The Kier molecular flexibility index (Phi) is 8.89. The number of rotatable bonds is 5. The second-order valence-electron chi connectivity index (χ2n) is 12.8. The van der Waals surface area contributed by atoms with Crippen molar-refractivity contribution in [2.75, 3.05) is 46.8 Å². The van der Waals surface area contributed by atoms with E-state index in [0.717, 1.165) is 51.4 Å². The molecule has 5 aliphatic rings. The summed E-state index contributed by atoms with van der Waals surface area (Å²) in [5, 5.41) is 1.38. The summed E-state index contributed by atoms with van der Waals surface area (Å²) in [5.41, 5.74) is 2.67. The molecule has 8 nitrogen and oxygen atoms in total. The number of hydrazine groups is 1. The number of sulfonamides is 1. The Hall–Kier alpha value is -0.950. The van der Waals surface area contributed by atoms with Crippen molar-refractivity contribution >= 4 is 15.9 Å². The van der Waals surface area contributed by atoms with Gasteiger partial charge in [0.15, 0.2) is 0 Å². The summed E-state index contributed by atoms with van der Waals surface area (Å²) in [5.74, 6) is -0.998. The molecular weight excluding hydrogens is 531 g/mol. The van der Waals surface area contributed by atoms with Gasteiger partial charge in [-0.25, -0.2) is 23.2 Å². The van der Waals surface area contributed by atoms with Gasteiger partial charge in [-0.15, -0.1) is 0 Å². The zero-order valence-electron chi connectivity index (χ0n) is 23.4. The lowest BCUT2D eigenvalue weighted by Gasteiger charge is -2.43. The second kappa shape index (κ2) is 11.7. The van der Waals surface area contributed by atoms with Crippen molar-refractivity contribution in [1.82, 2.24) is 24.5 Å². The predicted octanol–water partition coefficient (Wildman–Crippen LogP) is 3.06. The maximum Gasteiger partial charge on any atom is 0.406 e. The van der Waals surface area contributed by atoms with Crippen LogP contribution in [-0.4, -0.2) is 110 Å². The van der Waals surface area contributed by atoms with Crippen LogP contribution in [0.4, 0.5) is 13.2 Å². The van der Waals surface area contributed by atoms with Crippen LogP contribution in [0.3, 0.4) is 0 Å². The molecule has 39 heavy (non-hydrogen) atoms. The Bertz CT molecular complexity index is 958. The number of nitrogens with zero attached hydrogens (tertiary/aromatic N) is 4. The molecule has 224 valence electrons. The smallest absolute Gasteiger partial charge is 0.342 e. The Labute approximate surface area is 231 Å². The van der Waals surface area contributed by atoms with Crippen LogP contribution in [0.15, 0.2) is 0 Å². The summed E-state index contributed by atoms with van der Waals surface area (Å²) in [6.07, 6.45) is 4.21. The van der Waals surface area contributed by atoms with Gasteiger partial charge in [-0.3, -0.25) is 4.79 Å². The summed E-state index contributed by atoms with van der Waals surface area (Å²) in [6.45, 7) is 2.55. The first kappa shape index (κ1) is 29.5. The van der Waals surface area contributed by atoms with Gasteiger partial charge in [-0.2, -0.15) is 13.2 Å². The molecule has 5 fully saturated rings. The minimum atomic E-state index is -4.49. The van der Waals surface area contributed by atoms with Gasteiger partial charge in [-0.1, -0.05) is 0 Å². The summed E-state index contributed by atoms with van der Waals surface area (Å²) < 4.78 is 70.7. The number of piperidine rings is 3. The van der Waals surface area contributed by atoms with Gasteiger partial charge >= 0.3 is 6.18 Å². The van der Waals surface area contributed by atoms with Gasteiger partial charge in [0, 0.05) is 44.8 Å². The van der Waals surface area contributed by atoms with E-state index in [0.29, 0.717) is 58.0 Å². The maximum absolute atomic E-state index is 14.1. The average molecular weight is 578 g/mol. The highest BCUT2D eigenvalue weighted by molar-refractivity contribution is 7.89. The van der Waals surface area contributed by atoms with Crippen molar-refractivity contribution < 1.29 is 26.4 Å². The largest absolute Gasteiger partial charge is 0.406 e. The monoisotopic (exact) mass is 577 g/mol. The Morgan fingerprint density at radius 1 is 0.846 bits per heavy atom. The molecule has 4 atom stereocenters. The molecule has 1 saturated carbocycles. The number of hydrogen-bond acceptors (Lipinski definition) is 6. The van der Waals surface area contributed by atoms with Gasteiger partial charge in [0.2, 0.25) is 15.9 Å². The lowest BCUT2D eigenvalue weighted by atomic mass is 9.74. The number of carbonyl (C=O) groups is 1. The van der Waals surface area contributed by atoms with Gasteiger partial charge in [0.1, 0.15) is 6.04 Å². The van der Waals surface area contributed by atoms with E-state index >= 15 is 0 Å². The van der Waals surface area contributed by atoms with Crippen LogP contribution in [0, 0.1) is 17.8 Å². The fraction of sp³-hybridized carbons (Fsp3) is 0.963. The molecule has 4 heterocycles. The number of halogens is 3. The van der Waals surface area contributed by atoms with E-state index in [1.807, 2.05) is 14.1 Å². The quantitative estimate of drug-likeness (QED) is 0.542. The molecule has 12 heteroatoms. The third kappa shape index (κ3) is 6.15. The van der Waals surface area contributed by atoms with Gasteiger partial charge < -0.3 is 9.80 Å². The van der Waals surface area contributed by atoms with Crippen LogP contribution >= 0.6 is 0 Å². The third-order valence-corrected chi connectivity index (χ3v) is 12.8. The lowest BCUT2D eigenvalue weighted by molar-refractivity contribution is -0.172. The highest BCUT2D eigenvalue weighted by Crippen LogP contribution is 2.44. The highest BCUT2D eigenvalue weighted by Gasteiger charge is 2.59. The minimum absolute atomic E-state index is 0.206. The van der Waals surface area contributed by atoms with E-state index < -0.39 is 34.2 Å². The molecule has 0 spiro atoms. The van der Waals surface area contributed by atoms with Crippen molar-refractivity contribution in [2.24, 2.45) is 17.8 Å². The van der Waals surface area contributed by atoms with Crippen molar-refractivity contribution in [3.05, 3.63) is 0 Å². The van der Waals surface area contributed by atoms with Crippen molar-refractivity contribution in [3.8, 4) is 0 Å². The van der Waals surface area contributed by atoms with Crippen molar-refractivity contribution in [3.63, 3.8) is 0 Å². The molecule has 1 amide bonds. The highest BCUT2D eigenvalue weighted by atomic mass is 32.2. The minimum Gasteiger partial charge on any atom is -0.342 e. The van der Waals surface area contributed by atoms with E-state index in [-0.39, 0.29) is 23.0 Å². The molecule has 4 aliphatic heterocycles.